The minimum absolute atomic E-state index is 0.350. The molecule has 0 saturated heterocycles. The highest BCUT2D eigenvalue weighted by Crippen LogP contribution is 2.32. The van der Waals surface area contributed by atoms with Gasteiger partial charge in [-0.1, -0.05) is 31.2 Å². The second-order valence-electron chi connectivity index (χ2n) is 6.53. The molecule has 4 N–H and O–H groups in total. The van der Waals surface area contributed by atoms with Gasteiger partial charge in [0.1, 0.15) is 6.73 Å². The minimum atomic E-state index is -1.10. The van der Waals surface area contributed by atoms with E-state index in [0.717, 1.165) is 23.9 Å². The van der Waals surface area contributed by atoms with Crippen molar-refractivity contribution in [3.63, 3.8) is 0 Å². The predicted octanol–water partition coefficient (Wildman–Crippen LogP) is 3.68. The molecule has 0 unspecified atom stereocenters. The molecule has 22 heavy (non-hydrogen) atoms. The summed E-state index contributed by atoms with van der Waals surface area (Å²) in [6.45, 7) is 8.03. The first kappa shape index (κ1) is 16.9. The predicted molar refractivity (Wildman–Crippen MR) is 95.6 cm³/mol. The SMILES string of the molecule is C[Si](C)(C)CCOCn1ncc(N)c1-c1cc(Cl)ccc1N. The van der Waals surface area contributed by atoms with Crippen molar-refractivity contribution in [3.8, 4) is 11.3 Å². The van der Waals surface area contributed by atoms with Crippen LogP contribution in [0.25, 0.3) is 11.3 Å². The number of aromatic nitrogens is 2. The van der Waals surface area contributed by atoms with Gasteiger partial charge in [-0.2, -0.15) is 5.10 Å². The van der Waals surface area contributed by atoms with E-state index >= 15 is 0 Å². The first-order valence-electron chi connectivity index (χ1n) is 7.22. The van der Waals surface area contributed by atoms with E-state index in [1.54, 1.807) is 29.1 Å². The number of benzene rings is 1. The Kier molecular flexibility index (Phi) is 5.15. The Morgan fingerprint density at radius 1 is 1.23 bits per heavy atom. The summed E-state index contributed by atoms with van der Waals surface area (Å²) in [7, 11) is -1.10. The van der Waals surface area contributed by atoms with Gasteiger partial charge in [-0.05, 0) is 24.2 Å². The molecule has 1 aromatic carbocycles. The third-order valence-corrected chi connectivity index (χ3v) is 5.29. The van der Waals surface area contributed by atoms with Crippen LogP contribution in [-0.2, 0) is 11.5 Å². The molecule has 0 spiro atoms. The molecule has 0 radical (unpaired) electrons. The lowest BCUT2D eigenvalue weighted by molar-refractivity contribution is 0.0798. The number of anilines is 2. The van der Waals surface area contributed by atoms with Gasteiger partial charge in [0.05, 0.1) is 17.6 Å². The van der Waals surface area contributed by atoms with Gasteiger partial charge in [-0.3, -0.25) is 0 Å². The monoisotopic (exact) mass is 338 g/mol. The van der Waals surface area contributed by atoms with Crippen LogP contribution >= 0.6 is 11.6 Å². The van der Waals surface area contributed by atoms with Gasteiger partial charge in [-0.25, -0.2) is 4.68 Å². The number of hydrogen-bond acceptors (Lipinski definition) is 4. The first-order chi connectivity index (χ1) is 10.3. The lowest BCUT2D eigenvalue weighted by atomic mass is 10.1. The molecule has 2 rings (SSSR count). The molecule has 120 valence electrons. The van der Waals surface area contributed by atoms with Crippen molar-refractivity contribution in [1.82, 2.24) is 9.78 Å². The topological polar surface area (TPSA) is 79.1 Å². The third-order valence-electron chi connectivity index (χ3n) is 3.35. The van der Waals surface area contributed by atoms with Crippen LogP contribution in [0.2, 0.25) is 30.7 Å². The van der Waals surface area contributed by atoms with Crippen molar-refractivity contribution in [1.29, 1.82) is 0 Å². The zero-order valence-corrected chi connectivity index (χ0v) is 15.0. The molecule has 0 aliphatic carbocycles. The van der Waals surface area contributed by atoms with E-state index in [1.807, 2.05) is 0 Å². The van der Waals surface area contributed by atoms with Crippen LogP contribution in [-0.4, -0.2) is 24.5 Å². The molecule has 0 atom stereocenters. The fourth-order valence-corrected chi connectivity index (χ4v) is 2.98. The Bertz CT molecular complexity index is 651. The largest absolute Gasteiger partial charge is 0.398 e. The molecule has 0 aliphatic rings. The number of nitrogens with two attached hydrogens (primary N) is 2. The molecule has 1 heterocycles. The Morgan fingerprint density at radius 2 is 1.95 bits per heavy atom. The van der Waals surface area contributed by atoms with Gasteiger partial charge in [-0.15, -0.1) is 0 Å². The van der Waals surface area contributed by atoms with E-state index in [9.17, 15) is 0 Å². The van der Waals surface area contributed by atoms with E-state index in [1.165, 1.54) is 0 Å². The summed E-state index contributed by atoms with van der Waals surface area (Å²) >= 11 is 6.06. The van der Waals surface area contributed by atoms with Crippen molar-refractivity contribution in [2.24, 2.45) is 0 Å². The average molecular weight is 339 g/mol. The van der Waals surface area contributed by atoms with Gasteiger partial charge in [0, 0.05) is 31.0 Å². The van der Waals surface area contributed by atoms with Crippen molar-refractivity contribution in [3.05, 3.63) is 29.4 Å². The molecular weight excluding hydrogens is 316 g/mol. The summed E-state index contributed by atoms with van der Waals surface area (Å²) in [6.07, 6.45) is 1.61. The second kappa shape index (κ2) is 6.72. The summed E-state index contributed by atoms with van der Waals surface area (Å²) in [5.74, 6) is 0. The Balaban J connectivity index is 2.16. The van der Waals surface area contributed by atoms with Crippen molar-refractivity contribution in [2.75, 3.05) is 18.1 Å². The van der Waals surface area contributed by atoms with Crippen molar-refractivity contribution < 1.29 is 4.74 Å². The fourth-order valence-electron chi connectivity index (χ4n) is 2.06. The third kappa shape index (κ3) is 4.25. The molecule has 7 heteroatoms. The van der Waals surface area contributed by atoms with E-state index in [0.29, 0.717) is 23.1 Å². The van der Waals surface area contributed by atoms with Gasteiger partial charge in [0.25, 0.3) is 0 Å². The minimum Gasteiger partial charge on any atom is -0.398 e. The van der Waals surface area contributed by atoms with Crippen molar-refractivity contribution in [2.45, 2.75) is 32.4 Å². The molecule has 0 amide bonds. The van der Waals surface area contributed by atoms with Crippen LogP contribution in [0.1, 0.15) is 0 Å². The highest BCUT2D eigenvalue weighted by Gasteiger charge is 2.15. The van der Waals surface area contributed by atoms with Crippen LogP contribution < -0.4 is 11.5 Å². The highest BCUT2D eigenvalue weighted by atomic mass is 35.5. The van der Waals surface area contributed by atoms with Crippen LogP contribution in [0.5, 0.6) is 0 Å². The van der Waals surface area contributed by atoms with Gasteiger partial charge >= 0.3 is 0 Å². The molecule has 0 aliphatic heterocycles. The number of nitrogen functional groups attached to an aromatic ring is 2. The molecule has 2 aromatic rings. The maximum Gasteiger partial charge on any atom is 0.140 e. The average Bonchev–Trinajstić information content (AvgIpc) is 2.78. The van der Waals surface area contributed by atoms with Crippen LogP contribution in [0.4, 0.5) is 11.4 Å². The molecule has 0 bridgehead atoms. The number of ether oxygens (including phenoxy) is 1. The zero-order chi connectivity index (χ0) is 16.3. The summed E-state index contributed by atoms with van der Waals surface area (Å²) in [5, 5.41) is 4.88. The van der Waals surface area contributed by atoms with Gasteiger partial charge in [0.15, 0.2) is 0 Å². The van der Waals surface area contributed by atoms with Crippen molar-refractivity contribution >= 4 is 31.0 Å². The van der Waals surface area contributed by atoms with Crippen LogP contribution in [0.3, 0.4) is 0 Å². The smallest absolute Gasteiger partial charge is 0.140 e. The number of rotatable bonds is 6. The van der Waals surface area contributed by atoms with Crippen LogP contribution in [0.15, 0.2) is 24.4 Å². The van der Waals surface area contributed by atoms with Gasteiger partial charge in [0.2, 0.25) is 0 Å². The number of halogens is 1. The summed E-state index contributed by atoms with van der Waals surface area (Å²) < 4.78 is 7.47. The standard InChI is InChI=1S/C15H23ClN4OSi/c1-22(2,3)7-6-21-10-20-15(14(18)9-19-20)12-8-11(16)4-5-13(12)17/h4-5,8-9H,6-7,10,17-18H2,1-3H3. The quantitative estimate of drug-likeness (QED) is 0.478. The molecule has 0 fully saturated rings. The van der Waals surface area contributed by atoms with E-state index in [4.69, 9.17) is 27.8 Å². The summed E-state index contributed by atoms with van der Waals surface area (Å²) in [4.78, 5) is 0. The zero-order valence-electron chi connectivity index (χ0n) is 13.3. The maximum absolute atomic E-state index is 6.06. The first-order valence-corrected chi connectivity index (χ1v) is 11.3. The molecule has 1 aromatic heterocycles. The summed E-state index contributed by atoms with van der Waals surface area (Å²) in [6, 6.07) is 6.42. The fraction of sp³-hybridized carbons (Fsp3) is 0.400. The lowest BCUT2D eigenvalue weighted by Crippen LogP contribution is -2.22. The van der Waals surface area contributed by atoms with Gasteiger partial charge < -0.3 is 16.2 Å². The number of hydrogen-bond donors (Lipinski definition) is 2. The maximum atomic E-state index is 6.06. The second-order valence-corrected chi connectivity index (χ2v) is 12.6. The molecule has 0 saturated carbocycles. The Labute approximate surface area is 137 Å². The van der Waals surface area contributed by atoms with E-state index in [2.05, 4.69) is 24.7 Å². The van der Waals surface area contributed by atoms with E-state index in [-0.39, 0.29) is 0 Å². The van der Waals surface area contributed by atoms with E-state index < -0.39 is 8.07 Å². The molecular formula is C15H23ClN4OSi. The van der Waals surface area contributed by atoms with Crippen LogP contribution in [0, 0.1) is 0 Å². The Hall–Kier alpha value is -1.50. The highest BCUT2D eigenvalue weighted by molar-refractivity contribution is 6.76. The Morgan fingerprint density at radius 3 is 2.64 bits per heavy atom. The number of nitrogens with zero attached hydrogens (tertiary/aromatic N) is 2. The molecule has 5 nitrogen and oxygen atoms in total. The lowest BCUT2D eigenvalue weighted by Gasteiger charge is -2.16. The normalized spacial score (nSPS) is 11.8. The summed E-state index contributed by atoms with van der Waals surface area (Å²) in [5.41, 5.74) is 14.8.